The van der Waals surface area contributed by atoms with Gasteiger partial charge in [-0.1, -0.05) is 18.5 Å². The maximum absolute atomic E-state index is 11.8. The van der Waals surface area contributed by atoms with Gasteiger partial charge in [0.05, 0.1) is 30.0 Å². The summed E-state index contributed by atoms with van der Waals surface area (Å²) in [6.45, 7) is 5.34. The average Bonchev–Trinajstić information content (AvgIpc) is 3.34. The van der Waals surface area contributed by atoms with Crippen LogP contribution in [0.2, 0.25) is 0 Å². The van der Waals surface area contributed by atoms with E-state index >= 15 is 0 Å². The smallest absolute Gasteiger partial charge is 0.415 e. The molecule has 1 aliphatic heterocycles. The predicted octanol–water partition coefficient (Wildman–Crippen LogP) is 2.77. The van der Waals surface area contributed by atoms with Crippen molar-refractivity contribution in [1.29, 1.82) is 0 Å². The Bertz CT molecular complexity index is 720. The van der Waals surface area contributed by atoms with Crippen LogP contribution in [0.15, 0.2) is 15.1 Å². The van der Waals surface area contributed by atoms with E-state index in [4.69, 9.17) is 23.3 Å². The standard InChI is InChI=1S/C17H23N3O6/c1-3-4-5-14-13(11(2)25-19-14)10-23-15-8-16(26-20-15)24-17(21)18-12-6-7-22-9-12/h8,12H,3-7,9-10H2,1-2H3,(H,18,21). The topological polar surface area (TPSA) is 109 Å². The first kappa shape index (κ1) is 18.2. The molecule has 0 saturated carbocycles. The fourth-order valence-corrected chi connectivity index (χ4v) is 2.60. The van der Waals surface area contributed by atoms with Crippen LogP contribution in [0.1, 0.15) is 43.2 Å². The van der Waals surface area contributed by atoms with Gasteiger partial charge in [-0.2, -0.15) is 0 Å². The van der Waals surface area contributed by atoms with Crippen LogP contribution in [-0.2, 0) is 17.8 Å². The summed E-state index contributed by atoms with van der Waals surface area (Å²) in [6, 6.07) is 1.37. The van der Waals surface area contributed by atoms with E-state index in [-0.39, 0.29) is 24.5 Å². The molecule has 9 nitrogen and oxygen atoms in total. The Kier molecular flexibility index (Phi) is 6.11. The van der Waals surface area contributed by atoms with Gasteiger partial charge in [0.25, 0.3) is 5.88 Å². The highest BCUT2D eigenvalue weighted by Crippen LogP contribution is 2.22. The molecule has 1 atom stereocenters. The molecule has 1 unspecified atom stereocenters. The molecule has 3 heterocycles. The number of amides is 1. The van der Waals surface area contributed by atoms with Crippen LogP contribution in [-0.4, -0.2) is 35.7 Å². The number of hydrogen-bond acceptors (Lipinski definition) is 8. The fourth-order valence-electron chi connectivity index (χ4n) is 2.60. The lowest BCUT2D eigenvalue weighted by Gasteiger charge is -2.08. The molecule has 1 saturated heterocycles. The third-order valence-corrected chi connectivity index (χ3v) is 4.11. The van der Waals surface area contributed by atoms with E-state index in [0.717, 1.165) is 36.9 Å². The Balaban J connectivity index is 1.50. The molecular weight excluding hydrogens is 342 g/mol. The lowest BCUT2D eigenvalue weighted by Crippen LogP contribution is -2.36. The first-order chi connectivity index (χ1) is 12.7. The van der Waals surface area contributed by atoms with Crippen LogP contribution < -0.4 is 14.8 Å². The number of nitrogens with one attached hydrogen (secondary N) is 1. The minimum atomic E-state index is -0.611. The van der Waals surface area contributed by atoms with Crippen LogP contribution >= 0.6 is 0 Å². The Hall–Kier alpha value is -2.55. The van der Waals surface area contributed by atoms with Crippen LogP contribution in [0, 0.1) is 6.92 Å². The monoisotopic (exact) mass is 365 g/mol. The van der Waals surface area contributed by atoms with Crippen LogP contribution in [0.4, 0.5) is 4.79 Å². The molecule has 3 rings (SSSR count). The molecule has 1 amide bonds. The second kappa shape index (κ2) is 8.70. The summed E-state index contributed by atoms with van der Waals surface area (Å²) in [4.78, 5) is 11.8. The van der Waals surface area contributed by atoms with E-state index in [0.29, 0.717) is 19.0 Å². The molecule has 0 aliphatic carbocycles. The van der Waals surface area contributed by atoms with Gasteiger partial charge >= 0.3 is 12.0 Å². The largest absolute Gasteiger partial charge is 0.470 e. The summed E-state index contributed by atoms with van der Waals surface area (Å²) in [5.74, 6) is 0.901. The summed E-state index contributed by atoms with van der Waals surface area (Å²) < 4.78 is 26.1. The van der Waals surface area contributed by atoms with Crippen molar-refractivity contribution in [2.75, 3.05) is 13.2 Å². The number of carbonyl (C=O) groups is 1. The second-order valence-electron chi connectivity index (χ2n) is 6.13. The van der Waals surface area contributed by atoms with Gasteiger partial charge in [-0.3, -0.25) is 0 Å². The van der Waals surface area contributed by atoms with E-state index in [2.05, 4.69) is 22.6 Å². The summed E-state index contributed by atoms with van der Waals surface area (Å²) >= 11 is 0. The highest BCUT2D eigenvalue weighted by Gasteiger charge is 2.20. The summed E-state index contributed by atoms with van der Waals surface area (Å²) in [6.07, 6.45) is 3.09. The van der Waals surface area contributed by atoms with Crippen LogP contribution in [0.25, 0.3) is 0 Å². The SMILES string of the molecule is CCCCc1noc(C)c1COc1cc(OC(=O)NC2CCOC2)on1. The van der Waals surface area contributed by atoms with Gasteiger partial charge in [-0.25, -0.2) is 4.79 Å². The minimum absolute atomic E-state index is 0.0373. The predicted molar refractivity (Wildman–Crippen MR) is 89.1 cm³/mol. The lowest BCUT2D eigenvalue weighted by molar-refractivity contribution is 0.166. The molecule has 1 aliphatic rings. The summed E-state index contributed by atoms with van der Waals surface area (Å²) in [5.41, 5.74) is 1.80. The van der Waals surface area contributed by atoms with E-state index in [1.54, 1.807) is 0 Å². The Morgan fingerprint density at radius 1 is 1.38 bits per heavy atom. The highest BCUT2D eigenvalue weighted by molar-refractivity contribution is 5.70. The lowest BCUT2D eigenvalue weighted by atomic mass is 10.1. The molecular formula is C17H23N3O6. The second-order valence-corrected chi connectivity index (χ2v) is 6.13. The maximum atomic E-state index is 11.8. The number of ether oxygens (including phenoxy) is 3. The molecule has 0 radical (unpaired) electrons. The maximum Gasteiger partial charge on any atom is 0.415 e. The van der Waals surface area contributed by atoms with Crippen molar-refractivity contribution in [3.05, 3.63) is 23.1 Å². The van der Waals surface area contributed by atoms with E-state index in [1.165, 1.54) is 6.07 Å². The van der Waals surface area contributed by atoms with Gasteiger partial charge in [0.15, 0.2) is 0 Å². The minimum Gasteiger partial charge on any atom is -0.470 e. The van der Waals surface area contributed by atoms with Crippen molar-refractivity contribution >= 4 is 6.09 Å². The van der Waals surface area contributed by atoms with Gasteiger partial charge in [0, 0.05) is 6.61 Å². The molecule has 2 aromatic rings. The summed E-state index contributed by atoms with van der Waals surface area (Å²) in [5, 5.41) is 10.5. The normalized spacial score (nSPS) is 16.6. The number of aryl methyl sites for hydroxylation is 2. The average molecular weight is 365 g/mol. The van der Waals surface area contributed by atoms with Gasteiger partial charge in [-0.15, -0.1) is 0 Å². The number of hydrogen-bond donors (Lipinski definition) is 1. The highest BCUT2D eigenvalue weighted by atomic mass is 16.7. The summed E-state index contributed by atoms with van der Waals surface area (Å²) in [7, 11) is 0. The van der Waals surface area contributed by atoms with Gasteiger partial charge < -0.3 is 28.6 Å². The van der Waals surface area contributed by atoms with Crippen molar-refractivity contribution in [3.63, 3.8) is 0 Å². The Morgan fingerprint density at radius 3 is 3.04 bits per heavy atom. The quantitative estimate of drug-likeness (QED) is 0.760. The molecule has 142 valence electrons. The van der Waals surface area contributed by atoms with Crippen molar-refractivity contribution in [2.24, 2.45) is 0 Å². The molecule has 1 N–H and O–H groups in total. The zero-order valence-electron chi connectivity index (χ0n) is 14.9. The van der Waals surface area contributed by atoms with Gasteiger partial charge in [0.2, 0.25) is 0 Å². The zero-order chi connectivity index (χ0) is 18.4. The van der Waals surface area contributed by atoms with Crippen molar-refractivity contribution in [1.82, 2.24) is 15.6 Å². The zero-order valence-corrected chi connectivity index (χ0v) is 14.9. The van der Waals surface area contributed by atoms with Crippen molar-refractivity contribution in [3.8, 4) is 11.8 Å². The number of carbonyl (C=O) groups excluding carboxylic acids is 1. The van der Waals surface area contributed by atoms with Crippen LogP contribution in [0.5, 0.6) is 11.8 Å². The van der Waals surface area contributed by atoms with Crippen LogP contribution in [0.3, 0.4) is 0 Å². The third-order valence-electron chi connectivity index (χ3n) is 4.11. The van der Waals surface area contributed by atoms with E-state index in [1.807, 2.05) is 6.92 Å². The molecule has 0 spiro atoms. The first-order valence-corrected chi connectivity index (χ1v) is 8.75. The molecule has 9 heteroatoms. The van der Waals surface area contributed by atoms with Crippen molar-refractivity contribution < 1.29 is 28.1 Å². The number of nitrogens with zero attached hydrogens (tertiary/aromatic N) is 2. The number of aromatic nitrogens is 2. The third kappa shape index (κ3) is 4.75. The molecule has 0 bridgehead atoms. The van der Waals surface area contributed by atoms with Gasteiger partial charge in [-0.05, 0) is 31.3 Å². The van der Waals surface area contributed by atoms with E-state index < -0.39 is 6.09 Å². The van der Waals surface area contributed by atoms with Crippen molar-refractivity contribution in [2.45, 2.75) is 52.2 Å². The molecule has 2 aromatic heterocycles. The first-order valence-electron chi connectivity index (χ1n) is 8.75. The molecule has 1 fully saturated rings. The fraction of sp³-hybridized carbons (Fsp3) is 0.588. The van der Waals surface area contributed by atoms with E-state index in [9.17, 15) is 4.79 Å². The number of rotatable bonds is 8. The van der Waals surface area contributed by atoms with Gasteiger partial charge in [0.1, 0.15) is 12.4 Å². The Labute approximate surface area is 150 Å². The number of unbranched alkanes of at least 4 members (excludes halogenated alkanes) is 1. The molecule has 26 heavy (non-hydrogen) atoms. The molecule has 0 aromatic carbocycles. The Morgan fingerprint density at radius 2 is 2.27 bits per heavy atom.